The van der Waals surface area contributed by atoms with Crippen LogP contribution in [0.25, 0.3) is 0 Å². The molecule has 0 bridgehead atoms. The van der Waals surface area contributed by atoms with Crippen LogP contribution in [0, 0.1) is 0 Å². The highest BCUT2D eigenvalue weighted by atomic mass is 16.5. The molecule has 0 saturated carbocycles. The van der Waals surface area contributed by atoms with Crippen LogP contribution in [0.2, 0.25) is 0 Å². The molecule has 1 rings (SSSR count). The fraction of sp³-hybridized carbons (Fsp3) is 0.562. The molecule has 0 radical (unpaired) electrons. The lowest BCUT2D eigenvalue weighted by Gasteiger charge is -2.12. The molecule has 106 valence electrons. The number of hydrogen-bond acceptors (Lipinski definition) is 2. The minimum atomic E-state index is 0.125. The van der Waals surface area contributed by atoms with Gasteiger partial charge in [0.05, 0.1) is 0 Å². The Labute approximate surface area is 116 Å². The van der Waals surface area contributed by atoms with E-state index in [0.29, 0.717) is 18.9 Å². The second kappa shape index (κ2) is 9.56. The van der Waals surface area contributed by atoms with Gasteiger partial charge < -0.3 is 10.1 Å². The van der Waals surface area contributed by atoms with Crippen LogP contribution in [0.15, 0.2) is 30.3 Å². The van der Waals surface area contributed by atoms with Crippen LogP contribution in [0.1, 0.15) is 44.6 Å². The van der Waals surface area contributed by atoms with E-state index in [4.69, 9.17) is 4.74 Å². The third-order valence-electron chi connectivity index (χ3n) is 3.16. The first-order valence-corrected chi connectivity index (χ1v) is 7.13. The summed E-state index contributed by atoms with van der Waals surface area (Å²) in [6.45, 7) is 6.28. The van der Waals surface area contributed by atoms with Gasteiger partial charge in [-0.15, -0.1) is 0 Å². The fourth-order valence-electron chi connectivity index (χ4n) is 1.94. The zero-order chi connectivity index (χ0) is 13.9. The topological polar surface area (TPSA) is 38.3 Å². The number of carbonyl (C=O) groups excluding carboxylic acids is 1. The van der Waals surface area contributed by atoms with Crippen LogP contribution in [0.4, 0.5) is 0 Å². The maximum Gasteiger partial charge on any atom is 0.220 e. The maximum atomic E-state index is 11.6. The van der Waals surface area contributed by atoms with Crippen molar-refractivity contribution in [2.24, 2.45) is 0 Å². The Morgan fingerprint density at radius 2 is 2.05 bits per heavy atom. The van der Waals surface area contributed by atoms with Gasteiger partial charge >= 0.3 is 0 Å². The molecule has 0 aliphatic rings. The van der Waals surface area contributed by atoms with Crippen LogP contribution >= 0.6 is 0 Å². The normalized spacial score (nSPS) is 12.1. The van der Waals surface area contributed by atoms with Gasteiger partial charge in [0.25, 0.3) is 0 Å². The highest BCUT2D eigenvalue weighted by Crippen LogP contribution is 2.17. The average molecular weight is 263 g/mol. The summed E-state index contributed by atoms with van der Waals surface area (Å²) in [4.78, 5) is 11.6. The number of carbonyl (C=O) groups is 1. The minimum Gasteiger partial charge on any atom is -0.382 e. The van der Waals surface area contributed by atoms with Crippen molar-refractivity contribution >= 4 is 5.91 Å². The number of ether oxygens (including phenoxy) is 1. The van der Waals surface area contributed by atoms with E-state index in [1.54, 1.807) is 0 Å². The van der Waals surface area contributed by atoms with Gasteiger partial charge in [-0.3, -0.25) is 4.79 Å². The zero-order valence-corrected chi connectivity index (χ0v) is 12.0. The summed E-state index contributed by atoms with van der Waals surface area (Å²) in [6, 6.07) is 10.4. The SMILES string of the molecule is CCOCCCC(=O)NCC[C@H](C)c1ccccc1. The molecule has 0 saturated heterocycles. The van der Waals surface area contributed by atoms with Gasteiger partial charge in [0, 0.05) is 26.2 Å². The van der Waals surface area contributed by atoms with Crippen molar-refractivity contribution in [3.8, 4) is 0 Å². The summed E-state index contributed by atoms with van der Waals surface area (Å²) in [7, 11) is 0. The molecule has 1 aromatic carbocycles. The Balaban J connectivity index is 2.11. The lowest BCUT2D eigenvalue weighted by atomic mass is 9.98. The molecule has 3 nitrogen and oxygen atoms in total. The molecule has 0 aliphatic heterocycles. The summed E-state index contributed by atoms with van der Waals surface area (Å²) in [6.07, 6.45) is 2.33. The van der Waals surface area contributed by atoms with Gasteiger partial charge in [-0.25, -0.2) is 0 Å². The van der Waals surface area contributed by atoms with Crippen LogP contribution in [-0.4, -0.2) is 25.7 Å². The molecule has 0 spiro atoms. The van der Waals surface area contributed by atoms with Crippen molar-refractivity contribution in [2.75, 3.05) is 19.8 Å². The third kappa shape index (κ3) is 6.97. The molecule has 1 N–H and O–H groups in total. The van der Waals surface area contributed by atoms with Crippen LogP contribution < -0.4 is 5.32 Å². The van der Waals surface area contributed by atoms with Gasteiger partial charge in [-0.2, -0.15) is 0 Å². The number of amides is 1. The monoisotopic (exact) mass is 263 g/mol. The van der Waals surface area contributed by atoms with E-state index in [0.717, 1.165) is 26.0 Å². The first kappa shape index (κ1) is 15.7. The zero-order valence-electron chi connectivity index (χ0n) is 12.0. The summed E-state index contributed by atoms with van der Waals surface area (Å²) in [5, 5.41) is 2.97. The first-order valence-electron chi connectivity index (χ1n) is 7.13. The summed E-state index contributed by atoms with van der Waals surface area (Å²) >= 11 is 0. The Bertz CT molecular complexity index is 351. The lowest BCUT2D eigenvalue weighted by Crippen LogP contribution is -2.25. The predicted octanol–water partition coefficient (Wildman–Crippen LogP) is 3.11. The molecule has 0 heterocycles. The van der Waals surface area contributed by atoms with E-state index in [2.05, 4.69) is 36.5 Å². The van der Waals surface area contributed by atoms with Crippen LogP contribution in [0.5, 0.6) is 0 Å². The van der Waals surface area contributed by atoms with Gasteiger partial charge in [-0.1, -0.05) is 37.3 Å². The first-order chi connectivity index (χ1) is 9.24. The Kier molecular flexibility index (Phi) is 7.91. The second-order valence-electron chi connectivity index (χ2n) is 4.75. The quantitative estimate of drug-likeness (QED) is 0.695. The van der Waals surface area contributed by atoms with Crippen molar-refractivity contribution in [1.29, 1.82) is 0 Å². The van der Waals surface area contributed by atoms with Crippen molar-refractivity contribution in [3.63, 3.8) is 0 Å². The molecule has 1 amide bonds. The van der Waals surface area contributed by atoms with E-state index in [1.165, 1.54) is 5.56 Å². The van der Waals surface area contributed by atoms with Crippen LogP contribution in [0.3, 0.4) is 0 Å². The van der Waals surface area contributed by atoms with Crippen molar-refractivity contribution in [1.82, 2.24) is 5.32 Å². The summed E-state index contributed by atoms with van der Waals surface area (Å²) < 4.78 is 5.20. The molecule has 0 fully saturated rings. The second-order valence-corrected chi connectivity index (χ2v) is 4.75. The largest absolute Gasteiger partial charge is 0.382 e. The molecule has 0 aliphatic carbocycles. The third-order valence-corrected chi connectivity index (χ3v) is 3.16. The Morgan fingerprint density at radius 3 is 2.74 bits per heavy atom. The highest BCUT2D eigenvalue weighted by molar-refractivity contribution is 5.75. The molecule has 1 aromatic rings. The molecule has 0 unspecified atom stereocenters. The Morgan fingerprint density at radius 1 is 1.32 bits per heavy atom. The Hall–Kier alpha value is -1.35. The molecule has 1 atom stereocenters. The molecule has 19 heavy (non-hydrogen) atoms. The molecule has 3 heteroatoms. The molecular weight excluding hydrogens is 238 g/mol. The van der Waals surface area contributed by atoms with E-state index >= 15 is 0 Å². The van der Waals surface area contributed by atoms with E-state index in [-0.39, 0.29) is 5.91 Å². The van der Waals surface area contributed by atoms with Gasteiger partial charge in [-0.05, 0) is 31.2 Å². The van der Waals surface area contributed by atoms with E-state index in [9.17, 15) is 4.79 Å². The summed E-state index contributed by atoms with van der Waals surface area (Å²) in [5.74, 6) is 0.602. The van der Waals surface area contributed by atoms with Gasteiger partial charge in [0.15, 0.2) is 0 Å². The van der Waals surface area contributed by atoms with Crippen molar-refractivity contribution in [2.45, 2.75) is 39.0 Å². The van der Waals surface area contributed by atoms with Crippen LogP contribution in [-0.2, 0) is 9.53 Å². The van der Waals surface area contributed by atoms with Crippen molar-refractivity contribution in [3.05, 3.63) is 35.9 Å². The number of benzene rings is 1. The van der Waals surface area contributed by atoms with Gasteiger partial charge in [0.2, 0.25) is 5.91 Å². The van der Waals surface area contributed by atoms with Gasteiger partial charge in [0.1, 0.15) is 0 Å². The number of hydrogen-bond donors (Lipinski definition) is 1. The molecule has 0 aromatic heterocycles. The average Bonchev–Trinajstić information content (AvgIpc) is 2.44. The number of rotatable bonds is 9. The van der Waals surface area contributed by atoms with E-state index < -0.39 is 0 Å². The maximum absolute atomic E-state index is 11.6. The smallest absolute Gasteiger partial charge is 0.220 e. The van der Waals surface area contributed by atoms with E-state index in [1.807, 2.05) is 13.0 Å². The molecular formula is C16H25NO2. The minimum absolute atomic E-state index is 0.125. The fourth-order valence-corrected chi connectivity index (χ4v) is 1.94. The standard InChI is InChI=1S/C16H25NO2/c1-3-19-13-7-10-16(18)17-12-11-14(2)15-8-5-4-6-9-15/h4-6,8-9,14H,3,7,10-13H2,1-2H3,(H,17,18)/t14-/m0/s1. The number of nitrogens with one attached hydrogen (secondary N) is 1. The lowest BCUT2D eigenvalue weighted by molar-refractivity contribution is -0.121. The highest BCUT2D eigenvalue weighted by Gasteiger charge is 2.06. The summed E-state index contributed by atoms with van der Waals surface area (Å²) in [5.41, 5.74) is 1.33. The predicted molar refractivity (Wildman–Crippen MR) is 78.2 cm³/mol. The van der Waals surface area contributed by atoms with Crippen molar-refractivity contribution < 1.29 is 9.53 Å².